The van der Waals surface area contributed by atoms with Gasteiger partial charge in [0.05, 0.1) is 11.0 Å². The maximum Gasteiger partial charge on any atom is 0.153 e. The van der Waals surface area contributed by atoms with E-state index in [0.29, 0.717) is 11.8 Å². The van der Waals surface area contributed by atoms with Crippen molar-refractivity contribution in [2.75, 3.05) is 12.8 Å². The van der Waals surface area contributed by atoms with Crippen molar-refractivity contribution in [2.24, 2.45) is 5.92 Å². The lowest BCUT2D eigenvalue weighted by molar-refractivity contribution is 0.390. The third kappa shape index (κ3) is 3.76. The summed E-state index contributed by atoms with van der Waals surface area (Å²) in [6.07, 6.45) is 3.80. The Labute approximate surface area is 93.6 Å². The van der Waals surface area contributed by atoms with Crippen molar-refractivity contribution in [3.8, 4) is 0 Å². The highest BCUT2D eigenvalue weighted by molar-refractivity contribution is 7.92. The molecule has 2 unspecified atom stereocenters. The predicted molar refractivity (Wildman–Crippen MR) is 63.7 cm³/mol. The molecule has 0 heterocycles. The molecule has 1 saturated carbocycles. The first-order chi connectivity index (χ1) is 6.95. The van der Waals surface area contributed by atoms with Gasteiger partial charge < -0.3 is 5.32 Å². The lowest BCUT2D eigenvalue weighted by Crippen LogP contribution is -2.38. The number of hydrogen-bond donors (Lipinski definition) is 1. The van der Waals surface area contributed by atoms with Gasteiger partial charge in [-0.1, -0.05) is 20.3 Å². The monoisotopic (exact) mass is 233 g/mol. The molecule has 0 saturated heterocycles. The van der Waals surface area contributed by atoms with Crippen molar-refractivity contribution in [3.05, 3.63) is 0 Å². The molecule has 4 heteroatoms. The molecule has 0 aromatic rings. The van der Waals surface area contributed by atoms with Gasteiger partial charge >= 0.3 is 0 Å². The Balaban J connectivity index is 2.62. The molecule has 0 bridgehead atoms. The Kier molecular flexibility index (Phi) is 4.59. The van der Waals surface area contributed by atoms with Crippen molar-refractivity contribution >= 4 is 9.84 Å². The molecule has 2 atom stereocenters. The van der Waals surface area contributed by atoms with Crippen LogP contribution >= 0.6 is 0 Å². The Morgan fingerprint density at radius 3 is 2.53 bits per heavy atom. The van der Waals surface area contributed by atoms with Crippen molar-refractivity contribution in [2.45, 2.75) is 50.8 Å². The second-order valence-electron chi connectivity index (χ2n) is 5.00. The van der Waals surface area contributed by atoms with Crippen molar-refractivity contribution in [3.63, 3.8) is 0 Å². The number of sulfone groups is 1. The average Bonchev–Trinajstić information content (AvgIpc) is 2.16. The van der Waals surface area contributed by atoms with E-state index in [0.717, 1.165) is 25.7 Å². The van der Waals surface area contributed by atoms with Crippen LogP contribution in [0.3, 0.4) is 0 Å². The molecule has 15 heavy (non-hydrogen) atoms. The van der Waals surface area contributed by atoms with Crippen LogP contribution in [0.15, 0.2) is 0 Å². The molecule has 90 valence electrons. The molecule has 0 amide bonds. The zero-order valence-corrected chi connectivity index (χ0v) is 10.8. The molecule has 0 aromatic heterocycles. The summed E-state index contributed by atoms with van der Waals surface area (Å²) in [5, 5.41) is 3.09. The Hall–Kier alpha value is -0.0900. The van der Waals surface area contributed by atoms with E-state index in [4.69, 9.17) is 0 Å². The largest absolute Gasteiger partial charge is 0.317 e. The van der Waals surface area contributed by atoms with Crippen LogP contribution in [0.5, 0.6) is 0 Å². The first-order valence-corrected chi connectivity index (χ1v) is 7.56. The fraction of sp³-hybridized carbons (Fsp3) is 1.00. The molecule has 0 aromatic carbocycles. The molecule has 1 rings (SSSR count). The fourth-order valence-electron chi connectivity index (χ4n) is 2.33. The van der Waals surface area contributed by atoms with Gasteiger partial charge in [0.2, 0.25) is 0 Å². The van der Waals surface area contributed by atoms with Crippen molar-refractivity contribution in [1.29, 1.82) is 0 Å². The quantitative estimate of drug-likeness (QED) is 0.802. The van der Waals surface area contributed by atoms with Gasteiger partial charge in [0.25, 0.3) is 0 Å². The molecule has 1 aliphatic rings. The van der Waals surface area contributed by atoms with Crippen LogP contribution in [0.4, 0.5) is 0 Å². The van der Waals surface area contributed by atoms with Crippen LogP contribution in [0, 0.1) is 5.92 Å². The molecule has 1 fully saturated rings. The minimum atomic E-state index is -2.87. The first kappa shape index (κ1) is 13.0. The van der Waals surface area contributed by atoms with Crippen LogP contribution in [0.2, 0.25) is 0 Å². The minimum Gasteiger partial charge on any atom is -0.317 e. The molecule has 0 spiro atoms. The summed E-state index contributed by atoms with van der Waals surface area (Å²) in [5.41, 5.74) is 0. The second-order valence-corrected chi connectivity index (χ2v) is 7.32. The van der Waals surface area contributed by atoms with Crippen LogP contribution in [-0.2, 0) is 9.84 Å². The number of nitrogens with one attached hydrogen (secondary N) is 1. The summed E-state index contributed by atoms with van der Waals surface area (Å²) < 4.78 is 24.1. The fourth-order valence-corrected chi connectivity index (χ4v) is 4.59. The van der Waals surface area contributed by atoms with E-state index in [2.05, 4.69) is 5.32 Å². The summed E-state index contributed by atoms with van der Waals surface area (Å²) in [5.74, 6) is 0.582. The van der Waals surface area contributed by atoms with Gasteiger partial charge in [-0.05, 0) is 32.2 Å². The molecular weight excluding hydrogens is 210 g/mol. The third-order valence-corrected chi connectivity index (χ3v) is 5.68. The highest BCUT2D eigenvalue weighted by Gasteiger charge is 2.31. The van der Waals surface area contributed by atoms with Gasteiger partial charge in [-0.3, -0.25) is 0 Å². The predicted octanol–water partition coefficient (Wildman–Crippen LogP) is 1.59. The zero-order chi connectivity index (χ0) is 11.5. The summed E-state index contributed by atoms with van der Waals surface area (Å²) in [7, 11) is -0.947. The van der Waals surface area contributed by atoms with E-state index >= 15 is 0 Å². The van der Waals surface area contributed by atoms with Crippen molar-refractivity contribution in [1.82, 2.24) is 5.32 Å². The maximum atomic E-state index is 12.0. The minimum absolute atomic E-state index is 0.105. The second kappa shape index (κ2) is 5.30. The van der Waals surface area contributed by atoms with E-state index in [9.17, 15) is 8.42 Å². The van der Waals surface area contributed by atoms with Crippen LogP contribution in [0.25, 0.3) is 0 Å². The number of hydrogen-bond acceptors (Lipinski definition) is 3. The topological polar surface area (TPSA) is 46.2 Å². The lowest BCUT2D eigenvalue weighted by Gasteiger charge is -2.29. The third-order valence-electron chi connectivity index (χ3n) is 3.11. The summed E-state index contributed by atoms with van der Waals surface area (Å²) in [6.45, 7) is 3.94. The summed E-state index contributed by atoms with van der Waals surface area (Å²) in [6, 6.07) is 0.394. The standard InChI is InChI=1S/C11H23NO2S/c1-9(2)8-15(13,14)11-6-4-5-10(7-11)12-3/h9-12H,4-8H2,1-3H3. The smallest absolute Gasteiger partial charge is 0.153 e. The van der Waals surface area contributed by atoms with Crippen molar-refractivity contribution < 1.29 is 8.42 Å². The van der Waals surface area contributed by atoms with Gasteiger partial charge in [0.15, 0.2) is 9.84 Å². The van der Waals surface area contributed by atoms with E-state index in [1.54, 1.807) is 0 Å². The lowest BCUT2D eigenvalue weighted by atomic mass is 9.95. The highest BCUT2D eigenvalue weighted by atomic mass is 32.2. The SMILES string of the molecule is CNC1CCCC(S(=O)(=O)CC(C)C)C1. The van der Waals surface area contributed by atoms with Gasteiger partial charge in [-0.25, -0.2) is 8.42 Å². The number of rotatable bonds is 4. The average molecular weight is 233 g/mol. The van der Waals surface area contributed by atoms with Gasteiger partial charge in [-0.2, -0.15) is 0 Å². The Morgan fingerprint density at radius 2 is 2.00 bits per heavy atom. The van der Waals surface area contributed by atoms with E-state index in [1.165, 1.54) is 0 Å². The van der Waals surface area contributed by atoms with Crippen LogP contribution < -0.4 is 5.32 Å². The van der Waals surface area contributed by atoms with Crippen LogP contribution in [-0.4, -0.2) is 32.5 Å². The molecule has 0 radical (unpaired) electrons. The molecule has 0 aliphatic heterocycles. The normalized spacial score (nSPS) is 28.3. The van der Waals surface area contributed by atoms with E-state index in [-0.39, 0.29) is 11.2 Å². The molecule has 1 N–H and O–H groups in total. The van der Waals surface area contributed by atoms with Gasteiger partial charge in [0.1, 0.15) is 0 Å². The van der Waals surface area contributed by atoms with E-state index < -0.39 is 9.84 Å². The van der Waals surface area contributed by atoms with Gasteiger partial charge in [-0.15, -0.1) is 0 Å². The highest BCUT2D eigenvalue weighted by Crippen LogP contribution is 2.25. The molecule has 3 nitrogen and oxygen atoms in total. The summed E-state index contributed by atoms with van der Waals surface area (Å²) in [4.78, 5) is 0. The molecular formula is C11H23NO2S. The van der Waals surface area contributed by atoms with E-state index in [1.807, 2.05) is 20.9 Å². The summed E-state index contributed by atoms with van der Waals surface area (Å²) >= 11 is 0. The maximum absolute atomic E-state index is 12.0. The molecule has 1 aliphatic carbocycles. The van der Waals surface area contributed by atoms with Gasteiger partial charge in [0, 0.05) is 6.04 Å². The van der Waals surface area contributed by atoms with Crippen LogP contribution in [0.1, 0.15) is 39.5 Å². The zero-order valence-electron chi connectivity index (χ0n) is 9.99. The Bertz CT molecular complexity index is 285. The first-order valence-electron chi connectivity index (χ1n) is 5.84. The Morgan fingerprint density at radius 1 is 1.33 bits per heavy atom.